The van der Waals surface area contributed by atoms with Gasteiger partial charge < -0.3 is 0 Å². The van der Waals surface area contributed by atoms with Gasteiger partial charge in [0, 0.05) is 0 Å². The predicted molar refractivity (Wildman–Crippen MR) is 162 cm³/mol. The molecule has 0 aromatic heterocycles. The van der Waals surface area contributed by atoms with Gasteiger partial charge in [0.2, 0.25) is 0 Å². The zero-order valence-electron chi connectivity index (χ0n) is 24.8. The Hall–Kier alpha value is -0.214. The fourth-order valence-corrected chi connectivity index (χ4v) is 29.2. The van der Waals surface area contributed by atoms with Crippen molar-refractivity contribution in [3.05, 3.63) is 44.5 Å². The van der Waals surface area contributed by atoms with E-state index in [4.69, 9.17) is 0 Å². The Labute approximate surface area is 218 Å². The van der Waals surface area contributed by atoms with E-state index in [1.807, 2.05) is 22.3 Å². The molecule has 1 aromatic carbocycles. The van der Waals surface area contributed by atoms with Gasteiger partial charge >= 0.3 is 219 Å². The Bertz CT molecular complexity index is 900. The van der Waals surface area contributed by atoms with E-state index in [2.05, 4.69) is 83.1 Å². The number of allylic oxidation sites excluding steroid dienone is 4. The van der Waals surface area contributed by atoms with E-state index in [9.17, 15) is 0 Å². The molecule has 0 heterocycles. The van der Waals surface area contributed by atoms with E-state index in [0.717, 1.165) is 9.50 Å². The first-order chi connectivity index (χ1) is 16.1. The zero-order chi connectivity index (χ0) is 25.6. The SMILES string of the molecule is CCC1=C(C)c2c(C)c3c(c(C)c2[CH]1[Ge]([CH2]C)([CH2]C)[CH2]C)C(C)=C(CC)[CH]3[Ge]([CH2]C)([CH2]C)[CH2]C. The van der Waals surface area contributed by atoms with Gasteiger partial charge in [0.25, 0.3) is 0 Å². The molecule has 2 heteroatoms. The van der Waals surface area contributed by atoms with Crippen LogP contribution in [-0.2, 0) is 0 Å². The molecule has 0 amide bonds. The Morgan fingerprint density at radius 3 is 0.941 bits per heavy atom. The third-order valence-electron chi connectivity index (χ3n) is 11.3. The van der Waals surface area contributed by atoms with Crippen LogP contribution in [0, 0.1) is 13.8 Å². The van der Waals surface area contributed by atoms with Gasteiger partial charge in [-0.3, -0.25) is 0 Å². The normalized spacial score (nSPS) is 20.5. The summed E-state index contributed by atoms with van der Waals surface area (Å²) < 4.78 is 1.58. The van der Waals surface area contributed by atoms with Crippen molar-refractivity contribution in [1.82, 2.24) is 0 Å². The van der Waals surface area contributed by atoms with Crippen LogP contribution in [-0.4, -0.2) is 26.5 Å². The molecule has 2 atom stereocenters. The summed E-state index contributed by atoms with van der Waals surface area (Å²) in [5.41, 5.74) is 17.5. The Morgan fingerprint density at radius 2 is 0.735 bits per heavy atom. The molecule has 2 aliphatic rings. The zero-order valence-corrected chi connectivity index (χ0v) is 29.0. The van der Waals surface area contributed by atoms with Crippen LogP contribution in [0.3, 0.4) is 0 Å². The number of rotatable bonds is 10. The first kappa shape index (κ1) is 28.4. The molecule has 190 valence electrons. The summed E-state index contributed by atoms with van der Waals surface area (Å²) in [5, 5.41) is 8.76. The van der Waals surface area contributed by atoms with Gasteiger partial charge in [-0.05, 0) is 0 Å². The predicted octanol–water partition coefficient (Wildman–Crippen LogP) is 11.0. The van der Waals surface area contributed by atoms with Crippen molar-refractivity contribution in [2.45, 2.75) is 137 Å². The van der Waals surface area contributed by atoms with E-state index in [-0.39, 0.29) is 0 Å². The van der Waals surface area contributed by atoms with Crippen LogP contribution in [0.2, 0.25) is 31.5 Å². The Balaban J connectivity index is 2.47. The first-order valence-corrected chi connectivity index (χ1v) is 26.0. The summed E-state index contributed by atoms with van der Waals surface area (Å²) in [5.74, 6) is 0. The molecule has 1 aromatic rings. The van der Waals surface area contributed by atoms with Crippen LogP contribution < -0.4 is 0 Å². The maximum atomic E-state index is 2.54. The minimum atomic E-state index is -2.07. The molecule has 34 heavy (non-hydrogen) atoms. The summed E-state index contributed by atoms with van der Waals surface area (Å²) in [7, 11) is 0. The molecular weight excluding hydrogens is 530 g/mol. The van der Waals surface area contributed by atoms with E-state index >= 15 is 0 Å². The summed E-state index contributed by atoms with van der Waals surface area (Å²) >= 11 is -4.13. The minimum absolute atomic E-state index is 0.788. The first-order valence-electron chi connectivity index (χ1n) is 14.7. The number of hydrogen-bond donors (Lipinski definition) is 0. The molecular formula is C32H54Ge2. The second-order valence-corrected chi connectivity index (χ2v) is 34.3. The fourth-order valence-electron chi connectivity index (χ4n) is 8.85. The van der Waals surface area contributed by atoms with E-state index in [1.54, 1.807) is 33.4 Å². The molecule has 2 unspecified atom stereocenters. The molecule has 0 saturated heterocycles. The number of fused-ring (bicyclic) bond motifs is 2. The third-order valence-corrected chi connectivity index (χ3v) is 36.8. The van der Waals surface area contributed by atoms with E-state index < -0.39 is 26.5 Å². The molecule has 0 radical (unpaired) electrons. The molecule has 0 bridgehead atoms. The van der Waals surface area contributed by atoms with E-state index in [0.29, 0.717) is 0 Å². The van der Waals surface area contributed by atoms with E-state index in [1.165, 1.54) is 44.4 Å². The van der Waals surface area contributed by atoms with Gasteiger partial charge in [-0.25, -0.2) is 0 Å². The molecule has 0 fully saturated rings. The summed E-state index contributed by atoms with van der Waals surface area (Å²) in [4.78, 5) is 0. The number of hydrogen-bond acceptors (Lipinski definition) is 0. The van der Waals surface area contributed by atoms with Crippen molar-refractivity contribution in [3.8, 4) is 0 Å². The van der Waals surface area contributed by atoms with Gasteiger partial charge in [0.1, 0.15) is 0 Å². The molecule has 0 aliphatic heterocycles. The van der Waals surface area contributed by atoms with Gasteiger partial charge in [0.15, 0.2) is 0 Å². The molecule has 0 saturated carbocycles. The van der Waals surface area contributed by atoms with Crippen LogP contribution in [0.15, 0.2) is 11.1 Å². The number of benzene rings is 1. The van der Waals surface area contributed by atoms with Crippen molar-refractivity contribution in [1.29, 1.82) is 0 Å². The molecule has 3 rings (SSSR count). The third kappa shape index (κ3) is 3.74. The molecule has 0 spiro atoms. The maximum absolute atomic E-state index is 2.54. The molecule has 0 nitrogen and oxygen atoms in total. The standard InChI is InChI=1S/C32H54Ge2/c1-13-25-21(9)27-23(11)30-28(24(12)29(27)31(25)33(15-3,16-4)17-5)22(10)26(14-2)32(30)34(18-6,19-7)20-8/h31-32H,13-20H2,1-12H3. The van der Waals surface area contributed by atoms with Crippen LogP contribution in [0.5, 0.6) is 0 Å². The fraction of sp³-hybridized carbons (Fsp3) is 0.688. The van der Waals surface area contributed by atoms with Crippen molar-refractivity contribution < 1.29 is 0 Å². The van der Waals surface area contributed by atoms with Crippen molar-refractivity contribution in [2.75, 3.05) is 0 Å². The summed E-state index contributed by atoms with van der Waals surface area (Å²) in [6, 6.07) is 0. The monoisotopic (exact) mass is 586 g/mol. The van der Waals surface area contributed by atoms with Crippen LogP contribution in [0.1, 0.15) is 125 Å². The summed E-state index contributed by atoms with van der Waals surface area (Å²) in [6.45, 7) is 30.2. The Morgan fingerprint density at radius 1 is 0.471 bits per heavy atom. The van der Waals surface area contributed by atoms with Gasteiger partial charge in [-0.1, -0.05) is 0 Å². The topological polar surface area (TPSA) is 0 Å². The van der Waals surface area contributed by atoms with Crippen LogP contribution in [0.25, 0.3) is 11.1 Å². The van der Waals surface area contributed by atoms with Gasteiger partial charge in [-0.2, -0.15) is 0 Å². The average Bonchev–Trinajstić information content (AvgIpc) is 3.33. The van der Waals surface area contributed by atoms with Gasteiger partial charge in [0.05, 0.1) is 0 Å². The average molecular weight is 584 g/mol. The van der Waals surface area contributed by atoms with Crippen molar-refractivity contribution >= 4 is 37.7 Å². The van der Waals surface area contributed by atoms with Crippen LogP contribution in [0.4, 0.5) is 0 Å². The Kier molecular flexibility index (Phi) is 8.88. The quantitative estimate of drug-likeness (QED) is 0.240. The second-order valence-electron chi connectivity index (χ2n) is 11.5. The van der Waals surface area contributed by atoms with Crippen molar-refractivity contribution in [2.24, 2.45) is 0 Å². The second kappa shape index (κ2) is 10.6. The summed E-state index contributed by atoms with van der Waals surface area (Å²) in [6.07, 6.45) is 2.47. The van der Waals surface area contributed by atoms with Gasteiger partial charge in [-0.15, -0.1) is 0 Å². The van der Waals surface area contributed by atoms with Crippen molar-refractivity contribution in [3.63, 3.8) is 0 Å². The van der Waals surface area contributed by atoms with Crippen LogP contribution >= 0.6 is 0 Å². The molecule has 2 aliphatic carbocycles. The molecule has 0 N–H and O–H groups in total.